The third-order valence-corrected chi connectivity index (χ3v) is 5.65. The molecule has 4 N–H and O–H groups in total. The maximum Gasteiger partial charge on any atom is 0.299 e. The first-order valence-electron chi connectivity index (χ1n) is 13.6. The van der Waals surface area contributed by atoms with Crippen molar-refractivity contribution in [1.29, 1.82) is 0 Å². The Morgan fingerprint density at radius 1 is 0.941 bits per heavy atom. The zero-order chi connectivity index (χ0) is 28.0. The van der Waals surface area contributed by atoms with Gasteiger partial charge in [-0.3, -0.25) is 20.2 Å². The van der Waals surface area contributed by atoms with Gasteiger partial charge in [0.1, 0.15) is 11.8 Å². The molecule has 0 unspecified atom stereocenters. The Morgan fingerprint density at radius 3 is 2.00 bits per heavy atom. The van der Waals surface area contributed by atoms with Gasteiger partial charge in [0.15, 0.2) is 0 Å². The minimum atomic E-state index is -2.11. The highest BCUT2D eigenvalue weighted by Gasteiger charge is 2.28. The zero-order valence-electron chi connectivity index (χ0n) is 22.9. The standard InChI is InChI=1S/C24H41N3O7/c1-2-3-4-5-6-7-8-9-10-11-12-13-14-23(29)24(30)21(18-28)25-20-16-15-19(26(31)32)17-22(20)27(33)34/h15-17,21,23-25,28-30H,2-14,18H2,1H3/t21-,23+,24-/m0/s1/i13D2,14D/t14-,21+,23-,24+/m1. The average Bonchev–Trinajstić information content (AvgIpc) is 2.86. The van der Waals surface area contributed by atoms with Crippen LogP contribution in [0.4, 0.5) is 17.1 Å². The SMILES string of the molecule is [2H][C@@H]([C@@H](O)[C@@H](O)[C@H](CO)Nc1ccc([N+](=O)[O-])cc1[N+](=O)[O-])C([2H])([2H])CCCCCCCCCCCC. The van der Waals surface area contributed by atoms with E-state index in [4.69, 9.17) is 4.11 Å². The van der Waals surface area contributed by atoms with E-state index in [0.29, 0.717) is 6.42 Å². The van der Waals surface area contributed by atoms with E-state index in [0.717, 1.165) is 43.9 Å². The molecule has 4 atom stereocenters. The van der Waals surface area contributed by atoms with E-state index in [2.05, 4.69) is 12.2 Å². The fraction of sp³-hybridized carbons (Fsp3) is 0.750. The lowest BCUT2D eigenvalue weighted by atomic mass is 9.99. The molecule has 0 spiro atoms. The smallest absolute Gasteiger partial charge is 0.299 e. The molecule has 1 aromatic rings. The number of aliphatic hydroxyl groups excluding tert-OH is 3. The molecule has 0 saturated carbocycles. The molecule has 0 heterocycles. The summed E-state index contributed by atoms with van der Waals surface area (Å²) < 4.78 is 24.6. The Morgan fingerprint density at radius 2 is 1.50 bits per heavy atom. The summed E-state index contributed by atoms with van der Waals surface area (Å²) in [5, 5.41) is 55.5. The van der Waals surface area contributed by atoms with Gasteiger partial charge in [-0.15, -0.1) is 0 Å². The molecule has 0 aliphatic carbocycles. The normalized spacial score (nSPS) is 16.5. The van der Waals surface area contributed by atoms with Crippen LogP contribution in [-0.4, -0.2) is 50.0 Å². The molecule has 0 amide bonds. The molecule has 10 nitrogen and oxygen atoms in total. The van der Waals surface area contributed by atoms with Crippen LogP contribution >= 0.6 is 0 Å². The number of benzene rings is 1. The van der Waals surface area contributed by atoms with Crippen molar-refractivity contribution in [2.75, 3.05) is 11.9 Å². The Kier molecular flexibility index (Phi) is 12.5. The van der Waals surface area contributed by atoms with E-state index in [9.17, 15) is 35.5 Å². The second-order valence-corrected chi connectivity index (χ2v) is 8.43. The molecule has 0 fully saturated rings. The van der Waals surface area contributed by atoms with Gasteiger partial charge in [-0.05, 0) is 12.5 Å². The molecule has 0 aliphatic heterocycles. The number of non-ortho nitro benzene ring substituents is 1. The monoisotopic (exact) mass is 486 g/mol. The number of nitrogens with one attached hydrogen (secondary N) is 1. The summed E-state index contributed by atoms with van der Waals surface area (Å²) in [7, 11) is 0. The quantitative estimate of drug-likeness (QED) is 0.113. The third-order valence-electron chi connectivity index (χ3n) is 5.65. The predicted octanol–water partition coefficient (Wildman–Crippen LogP) is 5.09. The summed E-state index contributed by atoms with van der Waals surface area (Å²) in [6.07, 6.45) is 3.09. The molecule has 10 heteroatoms. The molecule has 194 valence electrons. The van der Waals surface area contributed by atoms with Gasteiger partial charge in [-0.2, -0.15) is 0 Å². The second-order valence-electron chi connectivity index (χ2n) is 8.43. The number of rotatable bonds is 20. The number of nitrogens with zero attached hydrogens (tertiary/aromatic N) is 2. The van der Waals surface area contributed by atoms with Crippen LogP contribution in [0, 0.1) is 20.2 Å². The first-order valence-corrected chi connectivity index (χ1v) is 12.0. The van der Waals surface area contributed by atoms with Gasteiger partial charge in [0.25, 0.3) is 11.4 Å². The molecule has 0 saturated heterocycles. The number of hydrogen-bond donors (Lipinski definition) is 4. The van der Waals surface area contributed by atoms with Gasteiger partial charge in [-0.25, -0.2) is 0 Å². The fourth-order valence-electron chi connectivity index (χ4n) is 3.60. The van der Waals surface area contributed by atoms with Gasteiger partial charge >= 0.3 is 0 Å². The summed E-state index contributed by atoms with van der Waals surface area (Å²) in [6.45, 7) is 1.37. The molecule has 1 rings (SSSR count). The number of anilines is 1. The van der Waals surface area contributed by atoms with E-state index >= 15 is 0 Å². The lowest BCUT2D eigenvalue weighted by Gasteiger charge is -2.27. The molecular formula is C24H41N3O7. The van der Waals surface area contributed by atoms with Crippen molar-refractivity contribution in [1.82, 2.24) is 0 Å². The predicted molar refractivity (Wildman–Crippen MR) is 132 cm³/mol. The van der Waals surface area contributed by atoms with Crippen molar-refractivity contribution in [2.45, 2.75) is 109 Å². The van der Waals surface area contributed by atoms with Crippen LogP contribution in [0.3, 0.4) is 0 Å². The lowest BCUT2D eigenvalue weighted by Crippen LogP contribution is -2.44. The van der Waals surface area contributed by atoms with Gasteiger partial charge in [-0.1, -0.05) is 83.9 Å². The Hall–Kier alpha value is -2.30. The van der Waals surface area contributed by atoms with Crippen molar-refractivity contribution in [3.8, 4) is 0 Å². The number of hydrogen-bond acceptors (Lipinski definition) is 8. The van der Waals surface area contributed by atoms with E-state index in [1.54, 1.807) is 0 Å². The van der Waals surface area contributed by atoms with Crippen LogP contribution in [0.5, 0.6) is 0 Å². The summed E-state index contributed by atoms with van der Waals surface area (Å²) in [5.74, 6) is 0. The number of nitro groups is 2. The van der Waals surface area contributed by atoms with Crippen molar-refractivity contribution in [2.24, 2.45) is 0 Å². The van der Waals surface area contributed by atoms with E-state index in [-0.39, 0.29) is 12.1 Å². The van der Waals surface area contributed by atoms with E-state index in [1.165, 1.54) is 32.1 Å². The highest BCUT2D eigenvalue weighted by atomic mass is 16.6. The summed E-state index contributed by atoms with van der Waals surface area (Å²) >= 11 is 0. The largest absolute Gasteiger partial charge is 0.394 e. The van der Waals surface area contributed by atoms with E-state index in [1.807, 2.05) is 0 Å². The summed E-state index contributed by atoms with van der Waals surface area (Å²) in [4.78, 5) is 20.6. The van der Waals surface area contributed by atoms with Gasteiger partial charge in [0.05, 0.1) is 34.7 Å². The van der Waals surface area contributed by atoms with Crippen molar-refractivity contribution in [3.63, 3.8) is 0 Å². The molecule has 34 heavy (non-hydrogen) atoms. The Bertz CT molecular complexity index is 848. The molecule has 0 bridgehead atoms. The van der Waals surface area contributed by atoms with E-state index < -0.39 is 58.8 Å². The van der Waals surface area contributed by atoms with Crippen LogP contribution in [-0.2, 0) is 0 Å². The zero-order valence-corrected chi connectivity index (χ0v) is 19.9. The Labute approximate surface area is 205 Å². The van der Waals surface area contributed by atoms with Crippen molar-refractivity contribution >= 4 is 17.1 Å². The van der Waals surface area contributed by atoms with Crippen LogP contribution < -0.4 is 5.32 Å². The fourth-order valence-corrected chi connectivity index (χ4v) is 3.60. The van der Waals surface area contributed by atoms with Crippen LogP contribution in [0.1, 0.15) is 94.4 Å². The number of aliphatic hydroxyl groups is 3. The van der Waals surface area contributed by atoms with Crippen LogP contribution in [0.25, 0.3) is 0 Å². The first-order chi connectivity index (χ1) is 17.5. The average molecular weight is 487 g/mol. The highest BCUT2D eigenvalue weighted by Crippen LogP contribution is 2.30. The lowest BCUT2D eigenvalue weighted by molar-refractivity contribution is -0.393. The number of nitro benzene ring substituents is 2. The first kappa shape index (κ1) is 24.8. The van der Waals surface area contributed by atoms with Crippen LogP contribution in [0.2, 0.25) is 0 Å². The highest BCUT2D eigenvalue weighted by molar-refractivity contribution is 5.65. The maximum absolute atomic E-state index is 11.3. The minimum absolute atomic E-state index is 0.0203. The molecule has 0 aliphatic rings. The summed E-state index contributed by atoms with van der Waals surface area (Å²) in [5.41, 5.74) is -1.44. The third kappa shape index (κ3) is 11.2. The molecule has 0 radical (unpaired) electrons. The van der Waals surface area contributed by atoms with Gasteiger partial charge in [0, 0.05) is 10.2 Å². The maximum atomic E-state index is 11.3. The van der Waals surface area contributed by atoms with Crippen molar-refractivity contribution < 1.29 is 29.3 Å². The van der Waals surface area contributed by atoms with Crippen LogP contribution in [0.15, 0.2) is 18.2 Å². The Balaban J connectivity index is 2.65. The van der Waals surface area contributed by atoms with Crippen molar-refractivity contribution in [3.05, 3.63) is 38.4 Å². The molecule has 1 aromatic carbocycles. The molecule has 0 aromatic heterocycles. The second kappa shape index (κ2) is 17.2. The molecular weight excluding hydrogens is 442 g/mol. The topological polar surface area (TPSA) is 159 Å². The van der Waals surface area contributed by atoms with Gasteiger partial charge < -0.3 is 20.6 Å². The van der Waals surface area contributed by atoms with Gasteiger partial charge in [0.2, 0.25) is 0 Å². The minimum Gasteiger partial charge on any atom is -0.394 e. The number of unbranched alkanes of at least 4 members (excludes halogenated alkanes) is 9. The summed E-state index contributed by atoms with van der Waals surface area (Å²) in [6, 6.07) is 1.38.